The van der Waals surface area contributed by atoms with E-state index in [0.29, 0.717) is 28.6 Å². The first kappa shape index (κ1) is 21.1. The highest BCUT2D eigenvalue weighted by Gasteiger charge is 2.14. The number of nitrogens with zero attached hydrogens (tertiary/aromatic N) is 1. The zero-order valence-electron chi connectivity index (χ0n) is 16.3. The molecule has 0 aliphatic rings. The third-order valence-corrected chi connectivity index (χ3v) is 7.06. The van der Waals surface area contributed by atoms with Crippen LogP contribution < -0.4 is 10.9 Å². The molecule has 0 saturated heterocycles. The van der Waals surface area contributed by atoms with Crippen molar-refractivity contribution in [2.45, 2.75) is 45.4 Å². The fourth-order valence-corrected chi connectivity index (χ4v) is 5.37. The Morgan fingerprint density at radius 3 is 2.82 bits per heavy atom. The molecule has 150 valence electrons. The van der Waals surface area contributed by atoms with Crippen LogP contribution in [0.4, 0.5) is 0 Å². The molecule has 2 N–H and O–H groups in total. The number of thioether (sulfide) groups is 1. The first-order valence-corrected chi connectivity index (χ1v) is 12.3. The molecule has 0 spiro atoms. The van der Waals surface area contributed by atoms with Crippen LogP contribution >= 0.6 is 34.4 Å². The second-order valence-electron chi connectivity index (χ2n) is 7.25. The van der Waals surface area contributed by atoms with Gasteiger partial charge in [-0.1, -0.05) is 19.9 Å². The highest BCUT2D eigenvalue weighted by molar-refractivity contribution is 7.99. The van der Waals surface area contributed by atoms with Crippen molar-refractivity contribution in [2.75, 3.05) is 5.75 Å². The first-order valence-electron chi connectivity index (χ1n) is 9.35. The van der Waals surface area contributed by atoms with Crippen LogP contribution in [-0.2, 0) is 10.5 Å². The number of rotatable bonds is 9. The highest BCUT2D eigenvalue weighted by Crippen LogP contribution is 2.33. The molecule has 0 bridgehead atoms. The largest absolute Gasteiger partial charge is 0.353 e. The molecule has 28 heavy (non-hydrogen) atoms. The monoisotopic (exact) mass is 435 g/mol. The minimum Gasteiger partial charge on any atom is -0.353 e. The lowest BCUT2D eigenvalue weighted by Gasteiger charge is -2.14. The average molecular weight is 436 g/mol. The number of carbonyl (C=O) groups is 1. The van der Waals surface area contributed by atoms with Crippen LogP contribution in [-0.4, -0.2) is 27.7 Å². The molecule has 3 aromatic rings. The van der Waals surface area contributed by atoms with E-state index in [-0.39, 0.29) is 17.5 Å². The molecule has 8 heteroatoms. The van der Waals surface area contributed by atoms with Gasteiger partial charge in [0.25, 0.3) is 5.56 Å². The summed E-state index contributed by atoms with van der Waals surface area (Å²) in [5.74, 6) is 2.15. The van der Waals surface area contributed by atoms with Crippen LogP contribution in [0.5, 0.6) is 0 Å². The first-order chi connectivity index (χ1) is 13.4. The number of amides is 1. The van der Waals surface area contributed by atoms with Crippen molar-refractivity contribution in [1.29, 1.82) is 0 Å². The van der Waals surface area contributed by atoms with E-state index in [1.165, 1.54) is 23.1 Å². The van der Waals surface area contributed by atoms with Crippen molar-refractivity contribution >= 4 is 50.6 Å². The Morgan fingerprint density at radius 2 is 2.11 bits per heavy atom. The van der Waals surface area contributed by atoms with E-state index in [2.05, 4.69) is 29.1 Å². The lowest BCUT2D eigenvalue weighted by atomic mass is 10.0. The molecular weight excluding hydrogens is 410 g/mol. The number of hydrogen-bond acceptors (Lipinski definition) is 6. The Kier molecular flexibility index (Phi) is 7.31. The summed E-state index contributed by atoms with van der Waals surface area (Å²) < 4.78 is 0. The van der Waals surface area contributed by atoms with Gasteiger partial charge in [0.05, 0.1) is 16.9 Å². The molecule has 0 aliphatic carbocycles. The van der Waals surface area contributed by atoms with Gasteiger partial charge in [-0.3, -0.25) is 9.59 Å². The van der Waals surface area contributed by atoms with Gasteiger partial charge in [0.2, 0.25) is 5.91 Å². The number of aromatic amines is 1. The fourth-order valence-electron chi connectivity index (χ4n) is 2.89. The van der Waals surface area contributed by atoms with Crippen molar-refractivity contribution in [3.05, 3.63) is 39.1 Å². The fraction of sp³-hybridized carbons (Fsp3) is 0.450. The molecule has 3 rings (SSSR count). The van der Waals surface area contributed by atoms with Crippen molar-refractivity contribution < 1.29 is 4.79 Å². The topological polar surface area (TPSA) is 74.8 Å². The number of hydrogen-bond donors (Lipinski definition) is 2. The summed E-state index contributed by atoms with van der Waals surface area (Å²) in [4.78, 5) is 33.9. The summed E-state index contributed by atoms with van der Waals surface area (Å²) in [5, 5.41) is 7.67. The molecule has 1 atom stereocenters. The summed E-state index contributed by atoms with van der Waals surface area (Å²) in [5.41, 5.74) is 0.828. The number of carbonyl (C=O) groups excluding carboxylic acids is 1. The number of thiophene rings is 2. The van der Waals surface area contributed by atoms with E-state index < -0.39 is 0 Å². The molecule has 0 aliphatic heterocycles. The van der Waals surface area contributed by atoms with Gasteiger partial charge in [-0.2, -0.15) is 0 Å². The van der Waals surface area contributed by atoms with Crippen molar-refractivity contribution in [3.8, 4) is 10.4 Å². The third-order valence-electron chi connectivity index (χ3n) is 4.34. The quantitative estimate of drug-likeness (QED) is 0.502. The van der Waals surface area contributed by atoms with E-state index in [1.54, 1.807) is 11.3 Å². The van der Waals surface area contributed by atoms with Gasteiger partial charge in [-0.05, 0) is 37.1 Å². The summed E-state index contributed by atoms with van der Waals surface area (Å²) in [6.45, 7) is 6.41. The summed E-state index contributed by atoms with van der Waals surface area (Å²) in [6, 6.07) is 4.17. The molecule has 0 aromatic carbocycles. The van der Waals surface area contributed by atoms with Gasteiger partial charge in [0, 0.05) is 21.9 Å². The van der Waals surface area contributed by atoms with Gasteiger partial charge >= 0.3 is 0 Å². The Morgan fingerprint density at radius 1 is 1.29 bits per heavy atom. The predicted octanol–water partition coefficient (Wildman–Crippen LogP) is 4.89. The van der Waals surface area contributed by atoms with E-state index in [4.69, 9.17) is 0 Å². The maximum atomic E-state index is 12.6. The van der Waals surface area contributed by atoms with Gasteiger partial charge in [-0.15, -0.1) is 34.4 Å². The van der Waals surface area contributed by atoms with Gasteiger partial charge in [0.15, 0.2) is 0 Å². The smallest absolute Gasteiger partial charge is 0.260 e. The Balaban J connectivity index is 1.57. The second kappa shape index (κ2) is 9.71. The Labute approximate surface area is 177 Å². The Bertz CT molecular complexity index is 976. The molecule has 3 aromatic heterocycles. The minimum atomic E-state index is -0.114. The van der Waals surface area contributed by atoms with E-state index >= 15 is 0 Å². The second-order valence-corrected chi connectivity index (χ2v) is 10.0. The number of fused-ring (bicyclic) bond motifs is 1. The summed E-state index contributed by atoms with van der Waals surface area (Å²) in [6.07, 6.45) is 2.10. The molecule has 0 saturated carbocycles. The molecule has 0 fully saturated rings. The van der Waals surface area contributed by atoms with E-state index in [9.17, 15) is 9.59 Å². The molecule has 3 heterocycles. The van der Waals surface area contributed by atoms with Crippen LogP contribution in [0.15, 0.2) is 27.7 Å². The molecular formula is C20H25N3O2S3. The summed E-state index contributed by atoms with van der Waals surface area (Å²) >= 11 is 4.56. The third kappa shape index (κ3) is 5.46. The highest BCUT2D eigenvalue weighted by atomic mass is 32.2. The van der Waals surface area contributed by atoms with Crippen molar-refractivity contribution in [2.24, 2.45) is 5.92 Å². The SMILES string of the molecule is CC(C)CCC(C)NC(=O)CSCc1nc2scc(-c3cccs3)c2c(=O)[nH]1. The van der Waals surface area contributed by atoms with E-state index in [0.717, 1.165) is 28.1 Å². The normalized spacial score (nSPS) is 12.6. The standard InChI is InChI=1S/C20H25N3O2S3/c1-12(2)6-7-13(3)21-17(24)11-26-10-16-22-19(25)18-14(9-28-20(18)23-16)15-5-4-8-27-15/h4-5,8-9,12-13H,6-7,10-11H2,1-3H3,(H,21,24)(H,22,23,25). The number of aromatic nitrogens is 2. The maximum absolute atomic E-state index is 12.6. The molecule has 1 unspecified atom stereocenters. The minimum absolute atomic E-state index is 0.0285. The van der Waals surface area contributed by atoms with Crippen molar-refractivity contribution in [1.82, 2.24) is 15.3 Å². The van der Waals surface area contributed by atoms with Crippen LogP contribution in [0.2, 0.25) is 0 Å². The number of nitrogens with one attached hydrogen (secondary N) is 2. The average Bonchev–Trinajstić information content (AvgIpc) is 3.29. The van der Waals surface area contributed by atoms with Crippen LogP contribution in [0, 0.1) is 5.92 Å². The summed E-state index contributed by atoms with van der Waals surface area (Å²) in [7, 11) is 0. The number of H-pyrrole nitrogens is 1. The van der Waals surface area contributed by atoms with Crippen LogP contribution in [0.25, 0.3) is 20.7 Å². The Hall–Kier alpha value is -1.64. The molecule has 5 nitrogen and oxygen atoms in total. The van der Waals surface area contributed by atoms with Crippen molar-refractivity contribution in [3.63, 3.8) is 0 Å². The predicted molar refractivity (Wildman–Crippen MR) is 121 cm³/mol. The lowest BCUT2D eigenvalue weighted by molar-refractivity contribution is -0.119. The van der Waals surface area contributed by atoms with E-state index in [1.807, 2.05) is 29.8 Å². The van der Waals surface area contributed by atoms with Gasteiger partial charge in [-0.25, -0.2) is 4.98 Å². The lowest BCUT2D eigenvalue weighted by Crippen LogP contribution is -2.34. The molecule has 0 radical (unpaired) electrons. The van der Waals surface area contributed by atoms with Gasteiger partial charge in [0.1, 0.15) is 10.7 Å². The van der Waals surface area contributed by atoms with Gasteiger partial charge < -0.3 is 10.3 Å². The molecule has 1 amide bonds. The zero-order chi connectivity index (χ0) is 20.1. The zero-order valence-corrected chi connectivity index (χ0v) is 18.7. The van der Waals surface area contributed by atoms with Crippen LogP contribution in [0.3, 0.4) is 0 Å². The van der Waals surface area contributed by atoms with Crippen LogP contribution in [0.1, 0.15) is 39.4 Å². The maximum Gasteiger partial charge on any atom is 0.260 e.